The van der Waals surface area contributed by atoms with Crippen LogP contribution in [0, 0.1) is 13.8 Å². The zero-order valence-corrected chi connectivity index (χ0v) is 12.0. The Labute approximate surface area is 112 Å². The third-order valence-electron chi connectivity index (χ3n) is 3.06. The summed E-state index contributed by atoms with van der Waals surface area (Å²) in [6.45, 7) is 6.27. The molecule has 18 heavy (non-hydrogen) atoms. The summed E-state index contributed by atoms with van der Waals surface area (Å²) in [5.74, 6) is 0.955. The predicted octanol–water partition coefficient (Wildman–Crippen LogP) is 3.94. The van der Waals surface area contributed by atoms with E-state index >= 15 is 0 Å². The Morgan fingerprint density at radius 1 is 1.33 bits per heavy atom. The molecule has 0 amide bonds. The first-order chi connectivity index (χ1) is 8.63. The third-order valence-corrected chi connectivity index (χ3v) is 4.02. The number of aromatic nitrogens is 1. The second-order valence-corrected chi connectivity index (χ2v) is 5.28. The quantitative estimate of drug-likeness (QED) is 0.906. The number of ether oxygens (including phenoxy) is 1. The molecule has 0 radical (unpaired) electrons. The van der Waals surface area contributed by atoms with Crippen LogP contribution in [-0.2, 0) is 0 Å². The Balaban J connectivity index is 2.24. The van der Waals surface area contributed by atoms with E-state index in [0.29, 0.717) is 0 Å². The molecule has 4 heteroatoms. The summed E-state index contributed by atoms with van der Waals surface area (Å²) < 4.78 is 5.44. The van der Waals surface area contributed by atoms with Gasteiger partial charge in [-0.2, -0.15) is 0 Å². The van der Waals surface area contributed by atoms with Crippen molar-refractivity contribution in [1.29, 1.82) is 0 Å². The molecule has 1 heterocycles. The van der Waals surface area contributed by atoms with Crippen LogP contribution in [0.3, 0.4) is 0 Å². The molecule has 1 aromatic carbocycles. The van der Waals surface area contributed by atoms with E-state index in [9.17, 15) is 0 Å². The van der Waals surface area contributed by atoms with Gasteiger partial charge in [-0.1, -0.05) is 6.07 Å². The van der Waals surface area contributed by atoms with E-state index in [1.807, 2.05) is 11.7 Å². The fraction of sp³-hybridized carbons (Fsp3) is 0.357. The number of nitrogens with zero attached hydrogens (tertiary/aromatic N) is 1. The zero-order chi connectivity index (χ0) is 13.1. The van der Waals surface area contributed by atoms with Crippen molar-refractivity contribution in [3.8, 4) is 5.75 Å². The van der Waals surface area contributed by atoms with Crippen molar-refractivity contribution in [2.45, 2.75) is 26.8 Å². The maximum atomic E-state index is 5.44. The van der Waals surface area contributed by atoms with Crippen LogP contribution in [-0.4, -0.2) is 12.1 Å². The largest absolute Gasteiger partial charge is 0.496 e. The van der Waals surface area contributed by atoms with Crippen molar-refractivity contribution >= 4 is 17.0 Å². The van der Waals surface area contributed by atoms with Crippen molar-refractivity contribution in [2.24, 2.45) is 0 Å². The van der Waals surface area contributed by atoms with E-state index in [-0.39, 0.29) is 6.04 Å². The van der Waals surface area contributed by atoms with Crippen LogP contribution in [0.4, 0.5) is 5.69 Å². The Morgan fingerprint density at radius 2 is 2.11 bits per heavy atom. The SMILES string of the molecule is COc1c(C)ccc(NC(C)c2cncs2)c1C. The normalized spacial score (nSPS) is 12.2. The number of thiazole rings is 1. The molecule has 0 aliphatic heterocycles. The maximum Gasteiger partial charge on any atom is 0.126 e. The van der Waals surface area contributed by atoms with E-state index in [2.05, 4.69) is 43.2 Å². The first kappa shape index (κ1) is 12.9. The number of aryl methyl sites for hydroxylation is 1. The Hall–Kier alpha value is -1.55. The van der Waals surface area contributed by atoms with Crippen molar-refractivity contribution in [3.05, 3.63) is 39.8 Å². The molecule has 1 aromatic heterocycles. The lowest BCUT2D eigenvalue weighted by Crippen LogP contribution is -2.07. The number of anilines is 1. The third kappa shape index (κ3) is 2.48. The van der Waals surface area contributed by atoms with Gasteiger partial charge in [-0.25, -0.2) is 0 Å². The summed E-state index contributed by atoms with van der Waals surface area (Å²) in [5.41, 5.74) is 5.27. The van der Waals surface area contributed by atoms with E-state index in [1.54, 1.807) is 18.4 Å². The molecule has 0 saturated heterocycles. The Morgan fingerprint density at radius 3 is 2.72 bits per heavy atom. The van der Waals surface area contributed by atoms with E-state index in [0.717, 1.165) is 22.6 Å². The number of hydrogen-bond acceptors (Lipinski definition) is 4. The van der Waals surface area contributed by atoms with E-state index in [4.69, 9.17) is 4.74 Å². The number of hydrogen-bond donors (Lipinski definition) is 1. The molecule has 1 N–H and O–H groups in total. The molecular formula is C14H18N2OS. The number of nitrogens with one attached hydrogen (secondary N) is 1. The summed E-state index contributed by atoms with van der Waals surface area (Å²) in [5, 5.41) is 3.50. The van der Waals surface area contributed by atoms with Crippen LogP contribution in [0.5, 0.6) is 5.75 Å². The summed E-state index contributed by atoms with van der Waals surface area (Å²) in [4.78, 5) is 5.34. The van der Waals surface area contributed by atoms with Gasteiger partial charge in [0.25, 0.3) is 0 Å². The highest BCUT2D eigenvalue weighted by Gasteiger charge is 2.11. The molecule has 0 saturated carbocycles. The highest BCUT2D eigenvalue weighted by atomic mass is 32.1. The smallest absolute Gasteiger partial charge is 0.126 e. The second-order valence-electron chi connectivity index (χ2n) is 4.36. The zero-order valence-electron chi connectivity index (χ0n) is 11.2. The predicted molar refractivity (Wildman–Crippen MR) is 76.6 cm³/mol. The van der Waals surface area contributed by atoms with Gasteiger partial charge < -0.3 is 10.1 Å². The minimum absolute atomic E-state index is 0.253. The molecule has 3 nitrogen and oxygen atoms in total. The monoisotopic (exact) mass is 262 g/mol. The molecule has 0 aliphatic carbocycles. The van der Waals surface area contributed by atoms with Gasteiger partial charge in [0.2, 0.25) is 0 Å². The van der Waals surface area contributed by atoms with Crippen LogP contribution in [0.25, 0.3) is 0 Å². The second kappa shape index (κ2) is 5.40. The fourth-order valence-corrected chi connectivity index (χ4v) is 2.67. The molecule has 0 spiro atoms. The van der Waals surface area contributed by atoms with Crippen LogP contribution >= 0.6 is 11.3 Å². The summed E-state index contributed by atoms with van der Waals surface area (Å²) in [6.07, 6.45) is 1.91. The van der Waals surface area contributed by atoms with E-state index < -0.39 is 0 Å². The fourth-order valence-electron chi connectivity index (χ4n) is 2.04. The van der Waals surface area contributed by atoms with Gasteiger partial charge in [0, 0.05) is 22.3 Å². The van der Waals surface area contributed by atoms with Crippen LogP contribution in [0.2, 0.25) is 0 Å². The van der Waals surface area contributed by atoms with Crippen LogP contribution in [0.1, 0.15) is 29.0 Å². The standard InChI is InChI=1S/C14H18N2OS/c1-9-5-6-12(10(2)14(9)17-4)16-11(3)13-7-15-8-18-13/h5-8,11,16H,1-4H3. The highest BCUT2D eigenvalue weighted by molar-refractivity contribution is 7.09. The van der Waals surface area contributed by atoms with Crippen LogP contribution in [0.15, 0.2) is 23.8 Å². The molecule has 1 atom stereocenters. The van der Waals surface area contributed by atoms with Crippen LogP contribution < -0.4 is 10.1 Å². The van der Waals surface area contributed by atoms with Gasteiger partial charge >= 0.3 is 0 Å². The van der Waals surface area contributed by atoms with Gasteiger partial charge in [0.05, 0.1) is 18.7 Å². The molecular weight excluding hydrogens is 244 g/mol. The molecule has 0 bridgehead atoms. The first-order valence-electron chi connectivity index (χ1n) is 5.92. The topological polar surface area (TPSA) is 34.1 Å². The minimum atomic E-state index is 0.253. The number of rotatable bonds is 4. The first-order valence-corrected chi connectivity index (χ1v) is 6.80. The molecule has 0 aliphatic rings. The van der Waals surface area contributed by atoms with Gasteiger partial charge in [-0.3, -0.25) is 4.98 Å². The lowest BCUT2D eigenvalue weighted by molar-refractivity contribution is 0.409. The van der Waals surface area contributed by atoms with Gasteiger partial charge in [0.15, 0.2) is 0 Å². The summed E-state index contributed by atoms with van der Waals surface area (Å²) in [6, 6.07) is 4.43. The molecule has 2 aromatic rings. The Bertz CT molecular complexity index is 523. The number of methoxy groups -OCH3 is 1. The van der Waals surface area contributed by atoms with Crippen molar-refractivity contribution in [2.75, 3.05) is 12.4 Å². The molecule has 1 unspecified atom stereocenters. The lowest BCUT2D eigenvalue weighted by atomic mass is 10.1. The van der Waals surface area contributed by atoms with Gasteiger partial charge in [0.1, 0.15) is 5.75 Å². The van der Waals surface area contributed by atoms with Crippen molar-refractivity contribution in [1.82, 2.24) is 4.98 Å². The maximum absolute atomic E-state index is 5.44. The average Bonchev–Trinajstić information content (AvgIpc) is 2.87. The highest BCUT2D eigenvalue weighted by Crippen LogP contribution is 2.31. The minimum Gasteiger partial charge on any atom is -0.496 e. The van der Waals surface area contributed by atoms with Gasteiger partial charge in [-0.05, 0) is 32.4 Å². The summed E-state index contributed by atoms with van der Waals surface area (Å²) in [7, 11) is 1.71. The molecule has 96 valence electrons. The summed E-state index contributed by atoms with van der Waals surface area (Å²) >= 11 is 1.66. The lowest BCUT2D eigenvalue weighted by Gasteiger charge is -2.18. The molecule has 0 fully saturated rings. The molecule has 2 rings (SSSR count). The Kier molecular flexibility index (Phi) is 3.87. The van der Waals surface area contributed by atoms with Crippen molar-refractivity contribution < 1.29 is 4.74 Å². The average molecular weight is 262 g/mol. The van der Waals surface area contributed by atoms with E-state index in [1.165, 1.54) is 4.88 Å². The number of benzene rings is 1. The van der Waals surface area contributed by atoms with Gasteiger partial charge in [-0.15, -0.1) is 11.3 Å². The van der Waals surface area contributed by atoms with Crippen molar-refractivity contribution in [3.63, 3.8) is 0 Å².